The lowest BCUT2D eigenvalue weighted by atomic mass is 10.3. The molecule has 78 valence electrons. The van der Waals surface area contributed by atoms with Crippen molar-refractivity contribution in [2.24, 2.45) is 5.73 Å². The van der Waals surface area contributed by atoms with E-state index in [2.05, 4.69) is 21.2 Å². The molecule has 1 atom stereocenters. The van der Waals surface area contributed by atoms with E-state index in [1.54, 1.807) is 12.1 Å². The van der Waals surface area contributed by atoms with Crippen molar-refractivity contribution in [3.63, 3.8) is 0 Å². The van der Waals surface area contributed by atoms with Crippen LogP contribution in [0.15, 0.2) is 22.7 Å². The second-order valence-electron chi connectivity index (χ2n) is 2.89. The van der Waals surface area contributed by atoms with Crippen LogP contribution in [0.25, 0.3) is 0 Å². The van der Waals surface area contributed by atoms with Crippen LogP contribution in [0.4, 0.5) is 10.1 Å². The predicted molar refractivity (Wildman–Crippen MR) is 57.7 cm³/mol. The van der Waals surface area contributed by atoms with Gasteiger partial charge in [-0.05, 0) is 18.2 Å². The van der Waals surface area contributed by atoms with Crippen LogP contribution in [0, 0.1) is 5.82 Å². The molecule has 1 unspecified atom stereocenters. The molecule has 0 saturated carbocycles. The zero-order valence-corrected chi connectivity index (χ0v) is 9.09. The Balaban J connectivity index is 2.62. The molecule has 1 rings (SSSR count). The summed E-state index contributed by atoms with van der Waals surface area (Å²) >= 11 is 3.23. The van der Waals surface area contributed by atoms with E-state index >= 15 is 0 Å². The first-order chi connectivity index (χ1) is 6.63. The molecular formula is C9H12BrFN2O. The lowest BCUT2D eigenvalue weighted by molar-refractivity contribution is 0.196. The Morgan fingerprint density at radius 2 is 2.29 bits per heavy atom. The van der Waals surface area contributed by atoms with Gasteiger partial charge in [-0.2, -0.15) is 0 Å². The minimum Gasteiger partial charge on any atom is -0.390 e. The van der Waals surface area contributed by atoms with Crippen LogP contribution in [0.3, 0.4) is 0 Å². The Kier molecular flexibility index (Phi) is 4.31. The highest BCUT2D eigenvalue weighted by Crippen LogP contribution is 2.19. The smallest absolute Gasteiger partial charge is 0.146 e. The SMILES string of the molecule is NCC(O)CNc1cc(Br)ccc1F. The Hall–Kier alpha value is -0.650. The summed E-state index contributed by atoms with van der Waals surface area (Å²) in [5.41, 5.74) is 5.56. The first-order valence-corrected chi connectivity index (χ1v) is 5.00. The number of halogens is 2. The van der Waals surface area contributed by atoms with Crippen LogP contribution in [0.2, 0.25) is 0 Å². The van der Waals surface area contributed by atoms with Crippen molar-refractivity contribution in [3.05, 3.63) is 28.5 Å². The second-order valence-corrected chi connectivity index (χ2v) is 3.81. The highest BCUT2D eigenvalue weighted by Gasteiger charge is 2.04. The fourth-order valence-corrected chi connectivity index (χ4v) is 1.31. The molecule has 0 aromatic heterocycles. The van der Waals surface area contributed by atoms with Crippen molar-refractivity contribution in [1.29, 1.82) is 0 Å². The third-order valence-corrected chi connectivity index (χ3v) is 2.22. The minimum atomic E-state index is -0.659. The van der Waals surface area contributed by atoms with E-state index in [0.29, 0.717) is 5.69 Å². The van der Waals surface area contributed by atoms with Gasteiger partial charge in [0, 0.05) is 17.6 Å². The average Bonchev–Trinajstić information content (AvgIpc) is 2.19. The van der Waals surface area contributed by atoms with Crippen LogP contribution < -0.4 is 11.1 Å². The van der Waals surface area contributed by atoms with Crippen LogP contribution in [0.5, 0.6) is 0 Å². The molecule has 0 heterocycles. The van der Waals surface area contributed by atoms with E-state index in [1.165, 1.54) is 6.07 Å². The van der Waals surface area contributed by atoms with E-state index in [9.17, 15) is 4.39 Å². The van der Waals surface area contributed by atoms with E-state index < -0.39 is 6.10 Å². The number of benzene rings is 1. The van der Waals surface area contributed by atoms with Crippen LogP contribution >= 0.6 is 15.9 Å². The Morgan fingerprint density at radius 1 is 1.57 bits per heavy atom. The summed E-state index contributed by atoms with van der Waals surface area (Å²) in [4.78, 5) is 0. The Labute approximate surface area is 90.2 Å². The van der Waals surface area contributed by atoms with E-state index in [1.807, 2.05) is 0 Å². The monoisotopic (exact) mass is 262 g/mol. The highest BCUT2D eigenvalue weighted by molar-refractivity contribution is 9.10. The number of aliphatic hydroxyl groups excluding tert-OH is 1. The maximum Gasteiger partial charge on any atom is 0.146 e. The lowest BCUT2D eigenvalue weighted by Crippen LogP contribution is -2.28. The lowest BCUT2D eigenvalue weighted by Gasteiger charge is -2.11. The zero-order chi connectivity index (χ0) is 10.6. The van der Waals surface area contributed by atoms with Crippen molar-refractivity contribution in [2.75, 3.05) is 18.4 Å². The largest absolute Gasteiger partial charge is 0.390 e. The molecule has 4 N–H and O–H groups in total. The number of anilines is 1. The number of nitrogens with two attached hydrogens (primary N) is 1. The number of nitrogens with one attached hydrogen (secondary N) is 1. The molecule has 0 spiro atoms. The van der Waals surface area contributed by atoms with Crippen LogP contribution in [0.1, 0.15) is 0 Å². The van der Waals surface area contributed by atoms with Crippen molar-refractivity contribution >= 4 is 21.6 Å². The van der Waals surface area contributed by atoms with Gasteiger partial charge < -0.3 is 16.2 Å². The Morgan fingerprint density at radius 3 is 2.93 bits per heavy atom. The fourth-order valence-electron chi connectivity index (χ4n) is 0.944. The zero-order valence-electron chi connectivity index (χ0n) is 7.50. The summed E-state index contributed by atoms with van der Waals surface area (Å²) in [6.07, 6.45) is -0.659. The third-order valence-electron chi connectivity index (χ3n) is 1.73. The number of aliphatic hydroxyl groups is 1. The van der Waals surface area contributed by atoms with Gasteiger partial charge in [0.1, 0.15) is 5.82 Å². The van der Waals surface area contributed by atoms with E-state index in [4.69, 9.17) is 10.8 Å². The van der Waals surface area contributed by atoms with Gasteiger partial charge in [0.25, 0.3) is 0 Å². The molecule has 3 nitrogen and oxygen atoms in total. The molecule has 0 radical (unpaired) electrons. The van der Waals surface area contributed by atoms with Gasteiger partial charge in [-0.1, -0.05) is 15.9 Å². The quantitative estimate of drug-likeness (QED) is 0.767. The molecular weight excluding hydrogens is 251 g/mol. The molecule has 0 aliphatic rings. The maximum absolute atomic E-state index is 13.1. The Bertz CT molecular complexity index is 309. The molecule has 0 aliphatic heterocycles. The molecule has 5 heteroatoms. The topological polar surface area (TPSA) is 58.3 Å². The van der Waals surface area contributed by atoms with Crippen molar-refractivity contribution < 1.29 is 9.50 Å². The summed E-state index contributed by atoms with van der Waals surface area (Å²) in [5.74, 6) is -0.350. The summed E-state index contributed by atoms with van der Waals surface area (Å²) in [5, 5.41) is 11.9. The van der Waals surface area contributed by atoms with Crippen molar-refractivity contribution in [2.45, 2.75) is 6.10 Å². The summed E-state index contributed by atoms with van der Waals surface area (Å²) in [7, 11) is 0. The first kappa shape index (κ1) is 11.4. The normalized spacial score (nSPS) is 12.6. The first-order valence-electron chi connectivity index (χ1n) is 4.20. The number of rotatable bonds is 4. The van der Waals surface area contributed by atoms with Gasteiger partial charge in [0.2, 0.25) is 0 Å². The summed E-state index contributed by atoms with van der Waals surface area (Å²) < 4.78 is 13.9. The van der Waals surface area contributed by atoms with Crippen molar-refractivity contribution in [3.8, 4) is 0 Å². The van der Waals surface area contributed by atoms with Gasteiger partial charge in [-0.3, -0.25) is 0 Å². The van der Waals surface area contributed by atoms with Crippen LogP contribution in [-0.4, -0.2) is 24.3 Å². The summed E-state index contributed by atoms with van der Waals surface area (Å²) in [6.45, 7) is 0.395. The minimum absolute atomic E-state index is 0.155. The standard InChI is InChI=1S/C9H12BrFN2O/c10-6-1-2-8(11)9(3-6)13-5-7(14)4-12/h1-3,7,13-14H,4-5,12H2. The number of hydrogen-bond acceptors (Lipinski definition) is 3. The van der Waals surface area contributed by atoms with Gasteiger partial charge in [-0.15, -0.1) is 0 Å². The molecule has 1 aromatic rings. The van der Waals surface area contributed by atoms with Gasteiger partial charge in [0.15, 0.2) is 0 Å². The van der Waals surface area contributed by atoms with Gasteiger partial charge >= 0.3 is 0 Å². The molecule has 0 aliphatic carbocycles. The van der Waals surface area contributed by atoms with Gasteiger partial charge in [-0.25, -0.2) is 4.39 Å². The fraction of sp³-hybridized carbons (Fsp3) is 0.333. The molecule has 14 heavy (non-hydrogen) atoms. The highest BCUT2D eigenvalue weighted by atomic mass is 79.9. The molecule has 1 aromatic carbocycles. The van der Waals surface area contributed by atoms with Crippen LogP contribution in [-0.2, 0) is 0 Å². The molecule has 0 amide bonds. The number of hydrogen-bond donors (Lipinski definition) is 3. The summed E-state index contributed by atoms with van der Waals surface area (Å²) in [6, 6.07) is 4.57. The van der Waals surface area contributed by atoms with Crippen molar-refractivity contribution in [1.82, 2.24) is 0 Å². The predicted octanol–water partition coefficient (Wildman–Crippen LogP) is 1.32. The van der Waals surface area contributed by atoms with E-state index in [0.717, 1.165) is 4.47 Å². The molecule has 0 saturated heterocycles. The molecule has 0 fully saturated rings. The van der Waals surface area contributed by atoms with Gasteiger partial charge in [0.05, 0.1) is 11.8 Å². The van der Waals surface area contributed by atoms with E-state index in [-0.39, 0.29) is 18.9 Å². The third kappa shape index (κ3) is 3.25. The molecule has 0 bridgehead atoms. The average molecular weight is 263 g/mol. The second kappa shape index (κ2) is 5.29. The maximum atomic E-state index is 13.1.